The number of hydrogen-bond acceptors (Lipinski definition) is 3. The molecule has 1 rings (SSSR count). The molecule has 1 aromatic rings. The predicted molar refractivity (Wildman–Crippen MR) is 83.8 cm³/mol. The largest absolute Gasteiger partial charge is 0.384 e. The maximum Gasteiger partial charge on any atom is 0.254 e. The number of aromatic nitrogens is 1. The van der Waals surface area contributed by atoms with E-state index in [4.69, 9.17) is 5.73 Å². The van der Waals surface area contributed by atoms with Crippen molar-refractivity contribution in [1.82, 2.24) is 9.88 Å². The highest BCUT2D eigenvalue weighted by Crippen LogP contribution is 2.23. The van der Waals surface area contributed by atoms with Crippen molar-refractivity contribution in [3.8, 4) is 0 Å². The first-order chi connectivity index (χ1) is 9.16. The zero-order valence-electron chi connectivity index (χ0n) is 13.5. The van der Waals surface area contributed by atoms with E-state index in [0.29, 0.717) is 11.4 Å². The highest BCUT2D eigenvalue weighted by molar-refractivity contribution is 5.95. The van der Waals surface area contributed by atoms with Gasteiger partial charge in [-0.1, -0.05) is 27.7 Å². The Morgan fingerprint density at radius 3 is 2.40 bits per heavy atom. The van der Waals surface area contributed by atoms with Crippen molar-refractivity contribution in [2.24, 2.45) is 0 Å². The van der Waals surface area contributed by atoms with Crippen molar-refractivity contribution in [2.45, 2.75) is 59.4 Å². The Morgan fingerprint density at radius 2 is 1.95 bits per heavy atom. The van der Waals surface area contributed by atoms with Crippen LogP contribution in [0.5, 0.6) is 0 Å². The number of nitrogens with two attached hydrogens (primary N) is 1. The third kappa shape index (κ3) is 3.95. The maximum atomic E-state index is 12.7. The average molecular weight is 277 g/mol. The minimum absolute atomic E-state index is 0.0291. The Morgan fingerprint density at radius 1 is 1.35 bits per heavy atom. The van der Waals surface area contributed by atoms with E-state index in [1.54, 1.807) is 6.07 Å². The fourth-order valence-electron chi connectivity index (χ4n) is 2.06. The standard InChI is InChI=1S/C16H27N3O/c1-7-8-19(11(2)3)15(20)12-9-13(16(4,5)6)18-14(17)10-12/h9-11H,7-8H2,1-6H3,(H2,17,18). The number of pyridine rings is 1. The van der Waals surface area contributed by atoms with Gasteiger partial charge in [0.25, 0.3) is 5.91 Å². The van der Waals surface area contributed by atoms with Gasteiger partial charge in [-0.3, -0.25) is 4.79 Å². The van der Waals surface area contributed by atoms with E-state index in [9.17, 15) is 4.79 Å². The molecule has 0 saturated carbocycles. The molecule has 2 N–H and O–H groups in total. The highest BCUT2D eigenvalue weighted by Gasteiger charge is 2.22. The van der Waals surface area contributed by atoms with Gasteiger partial charge in [-0.05, 0) is 32.4 Å². The van der Waals surface area contributed by atoms with E-state index in [-0.39, 0.29) is 17.4 Å². The van der Waals surface area contributed by atoms with Gasteiger partial charge in [0, 0.05) is 29.3 Å². The molecule has 4 heteroatoms. The Hall–Kier alpha value is -1.58. The predicted octanol–water partition coefficient (Wildman–Crippen LogP) is 3.22. The lowest BCUT2D eigenvalue weighted by Gasteiger charge is -2.27. The summed E-state index contributed by atoms with van der Waals surface area (Å²) in [6.07, 6.45) is 0.941. The second kappa shape index (κ2) is 6.25. The lowest BCUT2D eigenvalue weighted by atomic mass is 9.90. The summed E-state index contributed by atoms with van der Waals surface area (Å²) < 4.78 is 0. The van der Waals surface area contributed by atoms with Crippen LogP contribution < -0.4 is 5.73 Å². The van der Waals surface area contributed by atoms with E-state index in [1.807, 2.05) is 24.8 Å². The molecule has 0 aliphatic rings. The molecule has 0 bridgehead atoms. The molecule has 112 valence electrons. The molecule has 0 radical (unpaired) electrons. The van der Waals surface area contributed by atoms with Crippen LogP contribution in [0.15, 0.2) is 12.1 Å². The summed E-state index contributed by atoms with van der Waals surface area (Å²) in [6, 6.07) is 3.71. The second-order valence-electron chi connectivity index (χ2n) is 6.51. The van der Waals surface area contributed by atoms with Crippen LogP contribution in [0.1, 0.15) is 64.0 Å². The van der Waals surface area contributed by atoms with Crippen LogP contribution >= 0.6 is 0 Å². The number of nitrogen functional groups attached to an aromatic ring is 1. The molecule has 20 heavy (non-hydrogen) atoms. The number of rotatable bonds is 4. The van der Waals surface area contributed by atoms with Crippen LogP contribution in [0.3, 0.4) is 0 Å². The quantitative estimate of drug-likeness (QED) is 0.919. The summed E-state index contributed by atoms with van der Waals surface area (Å²) in [5.74, 6) is 0.433. The van der Waals surface area contributed by atoms with E-state index < -0.39 is 0 Å². The lowest BCUT2D eigenvalue weighted by molar-refractivity contribution is 0.0705. The average Bonchev–Trinajstić information content (AvgIpc) is 2.33. The summed E-state index contributed by atoms with van der Waals surface area (Å²) in [5.41, 5.74) is 7.21. The second-order valence-corrected chi connectivity index (χ2v) is 6.51. The van der Waals surface area contributed by atoms with Crippen molar-refractivity contribution in [2.75, 3.05) is 12.3 Å². The fourth-order valence-corrected chi connectivity index (χ4v) is 2.06. The number of anilines is 1. The molecule has 0 aliphatic carbocycles. The molecule has 0 unspecified atom stereocenters. The van der Waals surface area contributed by atoms with Crippen LogP contribution in [0.4, 0.5) is 5.82 Å². The van der Waals surface area contributed by atoms with Gasteiger partial charge < -0.3 is 10.6 Å². The van der Waals surface area contributed by atoms with E-state index in [0.717, 1.165) is 18.7 Å². The molecule has 1 amide bonds. The molecule has 1 heterocycles. The summed E-state index contributed by atoms with van der Waals surface area (Å²) in [6.45, 7) is 13.1. The normalized spacial score (nSPS) is 11.8. The minimum atomic E-state index is -0.127. The molecular formula is C16H27N3O. The van der Waals surface area contributed by atoms with Gasteiger partial charge in [0.15, 0.2) is 0 Å². The van der Waals surface area contributed by atoms with Gasteiger partial charge in [0.2, 0.25) is 0 Å². The number of nitrogens with zero attached hydrogens (tertiary/aromatic N) is 2. The van der Waals surface area contributed by atoms with E-state index in [2.05, 4.69) is 32.7 Å². The summed E-state index contributed by atoms with van der Waals surface area (Å²) in [7, 11) is 0. The smallest absolute Gasteiger partial charge is 0.254 e. The molecule has 0 fully saturated rings. The van der Waals surface area contributed by atoms with Crippen LogP contribution in [0.2, 0.25) is 0 Å². The first-order valence-electron chi connectivity index (χ1n) is 7.25. The monoisotopic (exact) mass is 277 g/mol. The zero-order valence-corrected chi connectivity index (χ0v) is 13.5. The molecule has 4 nitrogen and oxygen atoms in total. The molecule has 0 aliphatic heterocycles. The van der Waals surface area contributed by atoms with Crippen molar-refractivity contribution in [1.29, 1.82) is 0 Å². The first kappa shape index (κ1) is 16.5. The van der Waals surface area contributed by atoms with Crippen LogP contribution in [0, 0.1) is 0 Å². The lowest BCUT2D eigenvalue weighted by Crippen LogP contribution is -2.37. The molecule has 0 saturated heterocycles. The highest BCUT2D eigenvalue weighted by atomic mass is 16.2. The molecule has 0 spiro atoms. The zero-order chi connectivity index (χ0) is 15.5. The van der Waals surface area contributed by atoms with Crippen LogP contribution in [-0.2, 0) is 5.41 Å². The SMILES string of the molecule is CCCN(C(=O)c1cc(N)nc(C(C)(C)C)c1)C(C)C. The van der Waals surface area contributed by atoms with Crippen molar-refractivity contribution >= 4 is 11.7 Å². The Labute approximate surface area is 122 Å². The van der Waals surface area contributed by atoms with Gasteiger partial charge in [0.1, 0.15) is 5.82 Å². The number of carbonyl (C=O) groups excluding carboxylic acids is 1. The van der Waals surface area contributed by atoms with E-state index >= 15 is 0 Å². The molecule has 0 atom stereocenters. The topological polar surface area (TPSA) is 59.2 Å². The van der Waals surface area contributed by atoms with Gasteiger partial charge >= 0.3 is 0 Å². The van der Waals surface area contributed by atoms with E-state index in [1.165, 1.54) is 0 Å². The van der Waals surface area contributed by atoms with Crippen molar-refractivity contribution in [3.05, 3.63) is 23.4 Å². The fraction of sp³-hybridized carbons (Fsp3) is 0.625. The van der Waals surface area contributed by atoms with Crippen molar-refractivity contribution < 1.29 is 4.79 Å². The summed E-state index contributed by atoms with van der Waals surface area (Å²) >= 11 is 0. The van der Waals surface area contributed by atoms with Gasteiger partial charge in [0.05, 0.1) is 0 Å². The van der Waals surface area contributed by atoms with Crippen LogP contribution in [0.25, 0.3) is 0 Å². The maximum absolute atomic E-state index is 12.7. The van der Waals surface area contributed by atoms with Gasteiger partial charge in [-0.15, -0.1) is 0 Å². The Kier molecular flexibility index (Phi) is 5.15. The van der Waals surface area contributed by atoms with Crippen LogP contribution in [-0.4, -0.2) is 28.4 Å². The van der Waals surface area contributed by atoms with Gasteiger partial charge in [-0.2, -0.15) is 0 Å². The molecule has 0 aromatic carbocycles. The number of hydrogen-bond donors (Lipinski definition) is 1. The summed E-state index contributed by atoms with van der Waals surface area (Å²) in [4.78, 5) is 18.9. The first-order valence-corrected chi connectivity index (χ1v) is 7.25. The third-order valence-electron chi connectivity index (χ3n) is 3.21. The Bertz CT molecular complexity index is 475. The summed E-state index contributed by atoms with van der Waals surface area (Å²) in [5, 5.41) is 0. The molecule has 1 aromatic heterocycles. The minimum Gasteiger partial charge on any atom is -0.384 e. The number of carbonyl (C=O) groups is 1. The van der Waals surface area contributed by atoms with Crippen molar-refractivity contribution in [3.63, 3.8) is 0 Å². The Balaban J connectivity index is 3.18. The van der Waals surface area contributed by atoms with Gasteiger partial charge in [-0.25, -0.2) is 4.98 Å². The molecular weight excluding hydrogens is 250 g/mol. The number of amides is 1. The third-order valence-corrected chi connectivity index (χ3v) is 3.21.